The van der Waals surface area contributed by atoms with E-state index in [1.807, 2.05) is 52.9 Å². The number of urea groups is 1. The van der Waals surface area contributed by atoms with E-state index in [0.717, 1.165) is 41.4 Å². The van der Waals surface area contributed by atoms with Gasteiger partial charge in [-0.1, -0.05) is 12.1 Å². The molecule has 1 aliphatic rings. The second kappa shape index (κ2) is 6.71. The number of aromatic nitrogens is 2. The second-order valence-electron chi connectivity index (χ2n) is 6.75. The summed E-state index contributed by atoms with van der Waals surface area (Å²) in [4.78, 5) is 14.5. The van der Waals surface area contributed by atoms with Crippen molar-refractivity contribution in [1.82, 2.24) is 14.7 Å². The Morgan fingerprint density at radius 3 is 2.85 bits per heavy atom. The van der Waals surface area contributed by atoms with Crippen molar-refractivity contribution in [3.8, 4) is 11.3 Å². The van der Waals surface area contributed by atoms with Crippen molar-refractivity contribution in [3.05, 3.63) is 60.1 Å². The van der Waals surface area contributed by atoms with Gasteiger partial charge in [0.2, 0.25) is 0 Å². The van der Waals surface area contributed by atoms with E-state index in [9.17, 15) is 4.79 Å². The number of benzene rings is 1. The van der Waals surface area contributed by atoms with E-state index in [1.54, 1.807) is 6.26 Å². The molecule has 0 spiro atoms. The molecule has 0 saturated carbocycles. The Morgan fingerprint density at radius 1 is 1.23 bits per heavy atom. The van der Waals surface area contributed by atoms with Crippen LogP contribution in [0.3, 0.4) is 0 Å². The lowest BCUT2D eigenvalue weighted by Crippen LogP contribution is -2.33. The van der Waals surface area contributed by atoms with Crippen LogP contribution in [0.2, 0.25) is 0 Å². The number of anilines is 1. The molecule has 3 aromatic rings. The average Bonchev–Trinajstić information content (AvgIpc) is 3.35. The summed E-state index contributed by atoms with van der Waals surface area (Å²) in [6, 6.07) is 13.7. The maximum atomic E-state index is 12.6. The lowest BCUT2D eigenvalue weighted by Gasteiger charge is -2.18. The quantitative estimate of drug-likeness (QED) is 0.768. The van der Waals surface area contributed by atoms with E-state index in [1.165, 1.54) is 0 Å². The molecule has 0 radical (unpaired) electrons. The summed E-state index contributed by atoms with van der Waals surface area (Å²) in [5.41, 5.74) is 3.86. The van der Waals surface area contributed by atoms with E-state index in [2.05, 4.69) is 23.4 Å². The van der Waals surface area contributed by atoms with Crippen LogP contribution in [-0.4, -0.2) is 33.8 Å². The fourth-order valence-electron chi connectivity index (χ4n) is 3.54. The van der Waals surface area contributed by atoms with Crippen molar-refractivity contribution in [2.75, 3.05) is 18.4 Å². The number of carbonyl (C=O) groups excluding carboxylic acids is 1. The van der Waals surface area contributed by atoms with Crippen LogP contribution in [-0.2, 0) is 0 Å². The number of nitrogens with one attached hydrogen (secondary N) is 1. The number of hydrogen-bond donors (Lipinski definition) is 1. The largest absolute Gasteiger partial charge is 0.464 e. The molecule has 1 aliphatic heterocycles. The van der Waals surface area contributed by atoms with E-state index < -0.39 is 0 Å². The Labute approximate surface area is 152 Å². The minimum Gasteiger partial charge on any atom is -0.464 e. The van der Waals surface area contributed by atoms with Crippen LogP contribution in [0.1, 0.15) is 23.9 Å². The van der Waals surface area contributed by atoms with Gasteiger partial charge in [0.05, 0.1) is 18.0 Å². The van der Waals surface area contributed by atoms with Crippen LogP contribution >= 0.6 is 0 Å². The van der Waals surface area contributed by atoms with Gasteiger partial charge in [-0.15, -0.1) is 0 Å². The predicted octanol–water partition coefficient (Wildman–Crippen LogP) is 4.24. The minimum absolute atomic E-state index is 0.0781. The first kappa shape index (κ1) is 16.4. The van der Waals surface area contributed by atoms with Gasteiger partial charge < -0.3 is 14.6 Å². The number of carbonyl (C=O) groups is 1. The Balaban J connectivity index is 1.43. The van der Waals surface area contributed by atoms with Crippen LogP contribution in [0.15, 0.2) is 53.1 Å². The average molecular weight is 350 g/mol. The van der Waals surface area contributed by atoms with Gasteiger partial charge in [-0.25, -0.2) is 4.79 Å². The highest BCUT2D eigenvalue weighted by molar-refractivity contribution is 5.90. The van der Waals surface area contributed by atoms with Crippen molar-refractivity contribution in [2.24, 2.45) is 0 Å². The Bertz CT molecular complexity index is 914. The third-order valence-electron chi connectivity index (χ3n) is 4.76. The number of nitrogens with zero attached hydrogens (tertiary/aromatic N) is 3. The topological polar surface area (TPSA) is 63.3 Å². The second-order valence-corrected chi connectivity index (χ2v) is 6.75. The molecule has 1 aromatic carbocycles. The monoisotopic (exact) mass is 350 g/mol. The highest BCUT2D eigenvalue weighted by Gasteiger charge is 2.28. The Morgan fingerprint density at radius 2 is 2.12 bits per heavy atom. The smallest absolute Gasteiger partial charge is 0.321 e. The molecule has 3 heterocycles. The number of rotatable bonds is 3. The summed E-state index contributed by atoms with van der Waals surface area (Å²) >= 11 is 0. The molecule has 2 amide bonds. The highest BCUT2D eigenvalue weighted by Crippen LogP contribution is 2.25. The van der Waals surface area contributed by atoms with E-state index in [-0.39, 0.29) is 12.1 Å². The van der Waals surface area contributed by atoms with Crippen molar-refractivity contribution in [3.63, 3.8) is 0 Å². The molecule has 1 N–H and O–H groups in total. The van der Waals surface area contributed by atoms with Gasteiger partial charge in [-0.05, 0) is 50.6 Å². The summed E-state index contributed by atoms with van der Waals surface area (Å²) in [5.74, 6) is 0.784. The molecule has 6 nitrogen and oxygen atoms in total. The third kappa shape index (κ3) is 3.22. The van der Waals surface area contributed by atoms with Crippen LogP contribution in [0.5, 0.6) is 0 Å². The number of furan rings is 1. The molecule has 26 heavy (non-hydrogen) atoms. The van der Waals surface area contributed by atoms with Gasteiger partial charge in [0, 0.05) is 30.0 Å². The lowest BCUT2D eigenvalue weighted by molar-refractivity contribution is 0.220. The summed E-state index contributed by atoms with van der Waals surface area (Å²) in [6.45, 7) is 5.45. The van der Waals surface area contributed by atoms with Crippen molar-refractivity contribution >= 4 is 11.7 Å². The Kier molecular flexibility index (Phi) is 4.24. The molecular weight excluding hydrogens is 328 g/mol. The van der Waals surface area contributed by atoms with Crippen LogP contribution < -0.4 is 5.32 Å². The molecule has 1 fully saturated rings. The van der Waals surface area contributed by atoms with Crippen LogP contribution in [0.4, 0.5) is 10.5 Å². The first-order valence-electron chi connectivity index (χ1n) is 8.83. The normalized spacial score (nSPS) is 16.8. The van der Waals surface area contributed by atoms with Gasteiger partial charge in [-0.3, -0.25) is 4.68 Å². The van der Waals surface area contributed by atoms with E-state index >= 15 is 0 Å². The number of likely N-dealkylation sites (tertiary alicyclic amines) is 1. The van der Waals surface area contributed by atoms with Crippen molar-refractivity contribution < 1.29 is 9.21 Å². The minimum atomic E-state index is -0.0781. The van der Waals surface area contributed by atoms with Gasteiger partial charge in [-0.2, -0.15) is 5.10 Å². The molecule has 1 unspecified atom stereocenters. The molecule has 1 atom stereocenters. The molecule has 2 aromatic heterocycles. The SMILES string of the molecule is Cc1cc(C)n(C2CCN(C(=O)Nc3cccc(-c4ccco4)c3)C2)n1. The number of hydrogen-bond acceptors (Lipinski definition) is 3. The maximum absolute atomic E-state index is 12.6. The van der Waals surface area contributed by atoms with Crippen LogP contribution in [0, 0.1) is 13.8 Å². The summed E-state index contributed by atoms with van der Waals surface area (Å²) in [6.07, 6.45) is 2.56. The van der Waals surface area contributed by atoms with Gasteiger partial charge in [0.1, 0.15) is 5.76 Å². The summed E-state index contributed by atoms with van der Waals surface area (Å²) < 4.78 is 7.46. The molecule has 4 rings (SSSR count). The first-order chi connectivity index (χ1) is 12.6. The molecule has 1 saturated heterocycles. The third-order valence-corrected chi connectivity index (χ3v) is 4.76. The molecule has 6 heteroatoms. The van der Waals surface area contributed by atoms with E-state index in [0.29, 0.717) is 6.54 Å². The lowest BCUT2D eigenvalue weighted by atomic mass is 10.1. The molecule has 0 aliphatic carbocycles. The van der Waals surface area contributed by atoms with Gasteiger partial charge in [0.25, 0.3) is 0 Å². The highest BCUT2D eigenvalue weighted by atomic mass is 16.3. The molecule has 0 bridgehead atoms. The zero-order valence-corrected chi connectivity index (χ0v) is 15.0. The van der Waals surface area contributed by atoms with Crippen molar-refractivity contribution in [1.29, 1.82) is 0 Å². The van der Waals surface area contributed by atoms with Gasteiger partial charge >= 0.3 is 6.03 Å². The summed E-state index contributed by atoms with van der Waals surface area (Å²) in [7, 11) is 0. The standard InChI is InChI=1S/C20H22N4O2/c1-14-11-15(2)24(22-14)18-8-9-23(13-18)20(25)21-17-6-3-5-16(12-17)19-7-4-10-26-19/h3-7,10-12,18H,8-9,13H2,1-2H3,(H,21,25). The summed E-state index contributed by atoms with van der Waals surface area (Å²) in [5, 5.41) is 7.55. The van der Waals surface area contributed by atoms with E-state index in [4.69, 9.17) is 4.42 Å². The predicted molar refractivity (Wildman–Crippen MR) is 100 cm³/mol. The number of aryl methyl sites for hydroxylation is 2. The Hall–Kier alpha value is -3.02. The molecule has 134 valence electrons. The zero-order chi connectivity index (χ0) is 18.1. The zero-order valence-electron chi connectivity index (χ0n) is 15.0. The first-order valence-corrected chi connectivity index (χ1v) is 8.83. The molecular formula is C20H22N4O2. The fourth-order valence-corrected chi connectivity index (χ4v) is 3.54. The van der Waals surface area contributed by atoms with Crippen molar-refractivity contribution in [2.45, 2.75) is 26.3 Å². The fraction of sp³-hybridized carbons (Fsp3) is 0.300. The van der Waals surface area contributed by atoms with Gasteiger partial charge in [0.15, 0.2) is 0 Å². The maximum Gasteiger partial charge on any atom is 0.321 e. The van der Waals surface area contributed by atoms with Crippen LogP contribution in [0.25, 0.3) is 11.3 Å². The number of amides is 2.